The number of aromatic nitrogens is 2. The van der Waals surface area contributed by atoms with Gasteiger partial charge in [0.2, 0.25) is 0 Å². The Morgan fingerprint density at radius 1 is 1.38 bits per heavy atom. The van der Waals surface area contributed by atoms with Gasteiger partial charge in [0.15, 0.2) is 31.1 Å². The fourth-order valence-corrected chi connectivity index (χ4v) is 2.61. The van der Waals surface area contributed by atoms with E-state index in [1.54, 1.807) is 4.98 Å². The van der Waals surface area contributed by atoms with Crippen molar-refractivity contribution in [1.29, 1.82) is 0 Å². The lowest BCUT2D eigenvalue weighted by Crippen LogP contribution is -2.37. The number of nitrogens with zero attached hydrogens (tertiary/aromatic N) is 1. The van der Waals surface area contributed by atoms with E-state index in [0.29, 0.717) is 6.20 Å². The van der Waals surface area contributed by atoms with Crippen LogP contribution in [0.2, 0.25) is 0 Å². The number of alkyl halides is 3. The van der Waals surface area contributed by atoms with Gasteiger partial charge >= 0.3 is 11.9 Å². The molecule has 0 saturated carbocycles. The van der Waals surface area contributed by atoms with Crippen LogP contribution in [0.15, 0.2) is 27.3 Å². The molecular weight excluding hydrogens is 384 g/mol. The molecule has 0 aromatic carbocycles. The molecule has 1 aliphatic rings. The summed E-state index contributed by atoms with van der Waals surface area (Å²) in [5, 5.41) is 19.9. The van der Waals surface area contributed by atoms with E-state index < -0.39 is 61.5 Å². The summed E-state index contributed by atoms with van der Waals surface area (Å²) in [5.74, 6) is -1.03. The van der Waals surface area contributed by atoms with Gasteiger partial charge in [0.25, 0.3) is 5.56 Å². The Morgan fingerprint density at radius 2 is 2.00 bits per heavy atom. The number of aromatic amines is 1. The fraction of sp³-hybridized carbons (Fsp3) is 0.538. The highest BCUT2D eigenvalue weighted by Crippen LogP contribution is 2.40. The number of aliphatic hydroxyl groups excluding tert-OH is 2. The van der Waals surface area contributed by atoms with Crippen LogP contribution in [0.5, 0.6) is 0 Å². The Labute approximate surface area is 144 Å². The van der Waals surface area contributed by atoms with Crippen molar-refractivity contribution in [2.75, 3.05) is 19.9 Å². The van der Waals surface area contributed by atoms with Crippen molar-refractivity contribution < 1.29 is 37.2 Å². The minimum atomic E-state index is -4.72. The van der Waals surface area contributed by atoms with Crippen molar-refractivity contribution >= 4 is 7.37 Å². The fourth-order valence-electron chi connectivity index (χ4n) is 2.18. The number of ether oxygens (including phenoxy) is 1. The van der Waals surface area contributed by atoms with Crippen LogP contribution in [0.25, 0.3) is 0 Å². The second kappa shape index (κ2) is 6.93. The van der Waals surface area contributed by atoms with E-state index in [-0.39, 0.29) is 10.3 Å². The van der Waals surface area contributed by atoms with Crippen LogP contribution < -0.4 is 11.2 Å². The van der Waals surface area contributed by atoms with E-state index >= 15 is 0 Å². The molecule has 146 valence electrons. The molecule has 3 N–H and O–H groups in total. The largest absolute Gasteiger partial charge is 0.506 e. The smallest absolute Gasteiger partial charge is 0.406 e. The summed E-state index contributed by atoms with van der Waals surface area (Å²) >= 11 is 0. The molecule has 13 heteroatoms. The summed E-state index contributed by atoms with van der Waals surface area (Å²) < 4.78 is 59.5. The van der Waals surface area contributed by atoms with Crippen molar-refractivity contribution in [3.05, 3.63) is 44.1 Å². The average molecular weight is 400 g/mol. The van der Waals surface area contributed by atoms with Crippen molar-refractivity contribution in [1.82, 2.24) is 9.55 Å². The number of halogens is 3. The Kier molecular flexibility index (Phi) is 5.41. The van der Waals surface area contributed by atoms with Crippen LogP contribution in [0.1, 0.15) is 11.7 Å². The van der Waals surface area contributed by atoms with E-state index in [2.05, 4.69) is 0 Å². The third-order valence-electron chi connectivity index (χ3n) is 3.32. The molecule has 0 spiro atoms. The zero-order chi connectivity index (χ0) is 19.9. The lowest BCUT2D eigenvalue weighted by atomic mass is 10.1. The highest BCUT2D eigenvalue weighted by molar-refractivity contribution is 7.57. The SMILES string of the molecule is CP(C)(=O)OCC1=C(O)C(O)[C@H](c2cn(CC(F)(F)F)c(=O)[nH]c2=O)O1. The molecule has 26 heavy (non-hydrogen) atoms. The lowest BCUT2D eigenvalue weighted by molar-refractivity contribution is -0.141. The van der Waals surface area contributed by atoms with E-state index in [1.807, 2.05) is 0 Å². The molecule has 1 aromatic heterocycles. The predicted molar refractivity (Wildman–Crippen MR) is 82.3 cm³/mol. The van der Waals surface area contributed by atoms with Crippen molar-refractivity contribution in [2.24, 2.45) is 0 Å². The van der Waals surface area contributed by atoms with Crippen LogP contribution in [-0.2, 0) is 20.4 Å². The van der Waals surface area contributed by atoms with E-state index in [9.17, 15) is 37.5 Å². The minimum Gasteiger partial charge on any atom is -0.506 e. The number of hydrogen-bond donors (Lipinski definition) is 3. The highest BCUT2D eigenvalue weighted by atomic mass is 31.2. The zero-order valence-electron chi connectivity index (χ0n) is 13.6. The highest BCUT2D eigenvalue weighted by Gasteiger charge is 2.39. The van der Waals surface area contributed by atoms with Crippen LogP contribution in [0.3, 0.4) is 0 Å². The van der Waals surface area contributed by atoms with Crippen molar-refractivity contribution in [2.45, 2.75) is 24.9 Å². The van der Waals surface area contributed by atoms with E-state index in [1.165, 1.54) is 13.3 Å². The van der Waals surface area contributed by atoms with Gasteiger partial charge in [0, 0.05) is 19.5 Å². The molecule has 2 heterocycles. The molecule has 0 radical (unpaired) electrons. The molecule has 1 aromatic rings. The molecule has 2 atom stereocenters. The third kappa shape index (κ3) is 4.77. The van der Waals surface area contributed by atoms with E-state index in [0.717, 1.165) is 0 Å². The maximum Gasteiger partial charge on any atom is 0.406 e. The van der Waals surface area contributed by atoms with Gasteiger partial charge in [-0.25, -0.2) is 4.79 Å². The third-order valence-corrected chi connectivity index (χ3v) is 4.07. The van der Waals surface area contributed by atoms with Gasteiger partial charge in [-0.2, -0.15) is 13.2 Å². The normalized spacial score (nSPS) is 21.2. The van der Waals surface area contributed by atoms with Crippen LogP contribution in [0, 0.1) is 0 Å². The van der Waals surface area contributed by atoms with Gasteiger partial charge in [0.1, 0.15) is 13.2 Å². The first-order chi connectivity index (χ1) is 11.8. The summed E-state index contributed by atoms with van der Waals surface area (Å²) in [5.41, 5.74) is -2.87. The molecule has 1 unspecified atom stereocenters. The zero-order valence-corrected chi connectivity index (χ0v) is 14.5. The average Bonchev–Trinajstić information content (AvgIpc) is 2.74. The number of hydrogen-bond acceptors (Lipinski definition) is 7. The predicted octanol–water partition coefficient (Wildman–Crippen LogP) is 0.855. The summed E-state index contributed by atoms with van der Waals surface area (Å²) in [6.45, 7) is 0.447. The Morgan fingerprint density at radius 3 is 2.54 bits per heavy atom. The van der Waals surface area contributed by atoms with Crippen molar-refractivity contribution in [3.63, 3.8) is 0 Å². The molecule has 0 bridgehead atoms. The summed E-state index contributed by atoms with van der Waals surface area (Å²) in [7, 11) is -2.95. The molecular formula is C13H16F3N2O7P. The lowest BCUT2D eigenvalue weighted by Gasteiger charge is -2.17. The van der Waals surface area contributed by atoms with E-state index in [4.69, 9.17) is 9.26 Å². The quantitative estimate of drug-likeness (QED) is 0.625. The van der Waals surface area contributed by atoms with Gasteiger partial charge in [0.05, 0.1) is 5.56 Å². The first-order valence-electron chi connectivity index (χ1n) is 7.15. The molecule has 0 fully saturated rings. The van der Waals surface area contributed by atoms with Gasteiger partial charge in [-0.3, -0.25) is 18.9 Å². The monoisotopic (exact) mass is 400 g/mol. The number of H-pyrrole nitrogens is 1. The first-order valence-corrected chi connectivity index (χ1v) is 9.67. The number of aliphatic hydroxyl groups is 2. The number of rotatable bonds is 5. The van der Waals surface area contributed by atoms with Gasteiger partial charge < -0.3 is 19.5 Å². The molecule has 1 aliphatic heterocycles. The Hall–Kier alpha value is -2.04. The van der Waals surface area contributed by atoms with Crippen LogP contribution >= 0.6 is 7.37 Å². The van der Waals surface area contributed by atoms with Crippen LogP contribution in [0.4, 0.5) is 13.2 Å². The van der Waals surface area contributed by atoms with Crippen LogP contribution in [-0.4, -0.2) is 52.0 Å². The Balaban J connectivity index is 2.32. The first kappa shape index (κ1) is 20.3. The van der Waals surface area contributed by atoms with Gasteiger partial charge in [-0.15, -0.1) is 0 Å². The summed E-state index contributed by atoms with van der Waals surface area (Å²) in [6, 6.07) is 0. The Bertz CT molecular complexity index is 883. The molecule has 2 rings (SSSR count). The second-order valence-corrected chi connectivity index (χ2v) is 8.67. The summed E-state index contributed by atoms with van der Waals surface area (Å²) in [6.07, 6.45) is -7.47. The maximum atomic E-state index is 12.5. The maximum absolute atomic E-state index is 12.5. The van der Waals surface area contributed by atoms with Gasteiger partial charge in [-0.05, 0) is 0 Å². The molecule has 9 nitrogen and oxygen atoms in total. The topological polar surface area (TPSA) is 131 Å². The number of nitrogens with one attached hydrogen (secondary N) is 1. The minimum absolute atomic E-state index is 0.199. The van der Waals surface area contributed by atoms with Gasteiger partial charge in [-0.1, -0.05) is 0 Å². The van der Waals surface area contributed by atoms with Crippen molar-refractivity contribution in [3.8, 4) is 0 Å². The second-order valence-electron chi connectivity index (χ2n) is 5.90. The molecule has 0 amide bonds. The summed E-state index contributed by atoms with van der Waals surface area (Å²) in [4.78, 5) is 25.1. The standard InChI is InChI=1S/C13H16F3N2O7P/c1-26(2,23)24-4-7-8(19)9(20)10(25-7)6-3-18(5-13(14,15)16)12(22)17-11(6)21/h3,9-10,19-20H,4-5H2,1-2H3,(H,17,21,22)/t9?,10-/m0/s1. The molecule has 0 aliphatic carbocycles. The molecule has 0 saturated heterocycles.